The minimum atomic E-state index is -3.71. The molecular weight excluding hydrogens is 435 g/mol. The van der Waals surface area contributed by atoms with Crippen LogP contribution in [0.2, 0.25) is 0 Å². The molecule has 2 heterocycles. The van der Waals surface area contributed by atoms with Crippen LogP contribution in [0.4, 0.5) is 4.39 Å². The summed E-state index contributed by atoms with van der Waals surface area (Å²) in [5.74, 6) is -0.238. The van der Waals surface area contributed by atoms with Gasteiger partial charge in [-0.1, -0.05) is 35.0 Å². The highest BCUT2D eigenvalue weighted by Crippen LogP contribution is 2.24. The average Bonchev–Trinajstić information content (AvgIpc) is 3.27. The Kier molecular flexibility index (Phi) is 6.33. The van der Waals surface area contributed by atoms with Gasteiger partial charge in [0, 0.05) is 24.6 Å². The van der Waals surface area contributed by atoms with Crippen molar-refractivity contribution in [2.24, 2.45) is 5.92 Å². The molecule has 1 N–H and O–H groups in total. The molecule has 1 amide bonds. The van der Waals surface area contributed by atoms with Gasteiger partial charge in [0.1, 0.15) is 5.82 Å². The van der Waals surface area contributed by atoms with E-state index in [0.29, 0.717) is 24.6 Å². The lowest BCUT2D eigenvalue weighted by molar-refractivity contribution is -0.126. The van der Waals surface area contributed by atoms with Crippen LogP contribution >= 0.6 is 0 Å². The lowest BCUT2D eigenvalue weighted by Crippen LogP contribution is -2.42. The first-order chi connectivity index (χ1) is 15.3. The Bertz CT molecular complexity index is 1190. The van der Waals surface area contributed by atoms with Gasteiger partial charge in [-0.2, -0.15) is 9.29 Å². The molecule has 32 heavy (non-hydrogen) atoms. The molecule has 168 valence electrons. The molecule has 1 aliphatic rings. The van der Waals surface area contributed by atoms with E-state index in [0.717, 1.165) is 23.3 Å². The van der Waals surface area contributed by atoms with Crippen LogP contribution < -0.4 is 5.32 Å². The van der Waals surface area contributed by atoms with Crippen molar-refractivity contribution in [1.29, 1.82) is 0 Å². The summed E-state index contributed by atoms with van der Waals surface area (Å²) in [7, 11) is -3.71. The number of aromatic nitrogens is 2. The lowest BCUT2D eigenvalue weighted by atomic mass is 9.97. The number of hydrogen-bond donors (Lipinski definition) is 1. The van der Waals surface area contributed by atoms with Crippen molar-refractivity contribution in [3.8, 4) is 11.4 Å². The van der Waals surface area contributed by atoms with E-state index in [-0.39, 0.29) is 36.4 Å². The topological polar surface area (TPSA) is 105 Å². The molecule has 2 aromatic carbocycles. The van der Waals surface area contributed by atoms with E-state index >= 15 is 0 Å². The number of nitrogens with zero attached hydrogens (tertiary/aromatic N) is 3. The van der Waals surface area contributed by atoms with Gasteiger partial charge >= 0.3 is 0 Å². The number of carbonyl (C=O) groups is 1. The first-order valence-corrected chi connectivity index (χ1v) is 11.7. The first kappa shape index (κ1) is 22.1. The minimum Gasteiger partial charge on any atom is -0.347 e. The van der Waals surface area contributed by atoms with E-state index in [1.54, 1.807) is 0 Å². The second kappa shape index (κ2) is 9.17. The number of sulfonamides is 1. The van der Waals surface area contributed by atoms with E-state index in [4.69, 9.17) is 4.52 Å². The fourth-order valence-electron chi connectivity index (χ4n) is 3.57. The zero-order chi connectivity index (χ0) is 22.7. The maximum Gasteiger partial charge on any atom is 0.246 e. The summed E-state index contributed by atoms with van der Waals surface area (Å²) < 4.78 is 45.0. The number of carbonyl (C=O) groups excluding carboxylic acids is 1. The molecule has 0 saturated carbocycles. The van der Waals surface area contributed by atoms with E-state index < -0.39 is 15.8 Å². The Labute approximate surface area is 185 Å². The van der Waals surface area contributed by atoms with Gasteiger partial charge in [-0.25, -0.2) is 12.8 Å². The molecule has 1 saturated heterocycles. The lowest BCUT2D eigenvalue weighted by Gasteiger charge is -2.30. The van der Waals surface area contributed by atoms with Crippen LogP contribution in [0, 0.1) is 18.7 Å². The molecule has 4 rings (SSSR count). The summed E-state index contributed by atoms with van der Waals surface area (Å²) >= 11 is 0. The maximum atomic E-state index is 13.1. The molecule has 0 bridgehead atoms. The van der Waals surface area contributed by atoms with E-state index in [9.17, 15) is 17.6 Å². The van der Waals surface area contributed by atoms with Crippen molar-refractivity contribution < 1.29 is 22.1 Å². The maximum absolute atomic E-state index is 13.1. The number of benzene rings is 2. The van der Waals surface area contributed by atoms with E-state index in [1.165, 1.54) is 16.4 Å². The highest BCUT2D eigenvalue weighted by molar-refractivity contribution is 7.89. The molecule has 0 aliphatic carbocycles. The molecule has 1 aromatic heterocycles. The number of piperidine rings is 1. The normalized spacial score (nSPS) is 15.6. The van der Waals surface area contributed by atoms with Crippen molar-refractivity contribution in [2.45, 2.75) is 31.2 Å². The fourth-order valence-corrected chi connectivity index (χ4v) is 5.04. The molecule has 0 unspecified atom stereocenters. The van der Waals surface area contributed by atoms with Crippen LogP contribution in [-0.2, 0) is 21.4 Å². The Morgan fingerprint density at radius 3 is 2.44 bits per heavy atom. The molecule has 10 heteroatoms. The van der Waals surface area contributed by atoms with Gasteiger partial charge in [0.25, 0.3) is 0 Å². The van der Waals surface area contributed by atoms with Gasteiger partial charge in [0.2, 0.25) is 27.6 Å². The number of hydrogen-bond acceptors (Lipinski definition) is 6. The number of halogens is 1. The predicted molar refractivity (Wildman–Crippen MR) is 114 cm³/mol. The third-order valence-electron chi connectivity index (χ3n) is 5.47. The Balaban J connectivity index is 1.29. The largest absolute Gasteiger partial charge is 0.347 e. The molecular formula is C22H23FN4O4S. The smallest absolute Gasteiger partial charge is 0.246 e. The Morgan fingerprint density at radius 2 is 1.78 bits per heavy atom. The number of nitrogens with one attached hydrogen (secondary N) is 1. The van der Waals surface area contributed by atoms with Crippen LogP contribution in [0.1, 0.15) is 24.3 Å². The van der Waals surface area contributed by atoms with Gasteiger partial charge in [-0.05, 0) is 44.0 Å². The molecule has 3 aromatic rings. The summed E-state index contributed by atoms with van der Waals surface area (Å²) in [6.45, 7) is 2.53. The predicted octanol–water partition coefficient (Wildman–Crippen LogP) is 2.90. The fraction of sp³-hybridized carbons (Fsp3) is 0.318. The third-order valence-corrected chi connectivity index (χ3v) is 7.38. The molecule has 1 fully saturated rings. The van der Waals surface area contributed by atoms with Crippen LogP contribution in [0.25, 0.3) is 11.4 Å². The first-order valence-electron chi connectivity index (χ1n) is 10.3. The molecule has 0 radical (unpaired) electrons. The summed E-state index contributed by atoms with van der Waals surface area (Å²) in [4.78, 5) is 16.9. The van der Waals surface area contributed by atoms with Crippen LogP contribution in [0.5, 0.6) is 0 Å². The quantitative estimate of drug-likeness (QED) is 0.609. The van der Waals surface area contributed by atoms with Gasteiger partial charge < -0.3 is 9.84 Å². The highest BCUT2D eigenvalue weighted by atomic mass is 32.2. The molecule has 0 spiro atoms. The molecule has 0 atom stereocenters. The Morgan fingerprint density at radius 1 is 1.12 bits per heavy atom. The third kappa shape index (κ3) is 4.86. The average molecular weight is 459 g/mol. The Hall–Kier alpha value is -3.11. The summed E-state index contributed by atoms with van der Waals surface area (Å²) in [5.41, 5.74) is 1.95. The monoisotopic (exact) mass is 458 g/mol. The highest BCUT2D eigenvalue weighted by Gasteiger charge is 2.32. The van der Waals surface area contributed by atoms with E-state index in [1.807, 2.05) is 31.2 Å². The number of amides is 1. The van der Waals surface area contributed by atoms with Crippen LogP contribution in [0.15, 0.2) is 57.9 Å². The van der Waals surface area contributed by atoms with Crippen molar-refractivity contribution >= 4 is 15.9 Å². The zero-order valence-electron chi connectivity index (χ0n) is 17.5. The van der Waals surface area contributed by atoms with Gasteiger partial charge in [0.15, 0.2) is 0 Å². The summed E-state index contributed by atoms with van der Waals surface area (Å²) in [5, 5.41) is 6.73. The van der Waals surface area contributed by atoms with Crippen LogP contribution in [-0.4, -0.2) is 41.9 Å². The standard InChI is InChI=1S/C22H23FN4O4S/c1-15-2-4-16(5-3-15)21-25-20(31-26-21)14-24-22(28)17-10-12-27(13-11-17)32(29,30)19-8-6-18(23)7-9-19/h2-9,17H,10-14H2,1H3,(H,24,28). The second-order valence-electron chi connectivity index (χ2n) is 7.73. The van der Waals surface area contributed by atoms with Gasteiger partial charge in [0.05, 0.1) is 11.4 Å². The SMILES string of the molecule is Cc1ccc(-c2noc(CNC(=O)C3CCN(S(=O)(=O)c4ccc(F)cc4)CC3)n2)cc1. The number of aryl methyl sites for hydroxylation is 1. The second-order valence-corrected chi connectivity index (χ2v) is 9.67. The molecule has 8 nitrogen and oxygen atoms in total. The number of rotatable bonds is 6. The van der Waals surface area contributed by atoms with Crippen LogP contribution in [0.3, 0.4) is 0 Å². The van der Waals surface area contributed by atoms with E-state index in [2.05, 4.69) is 15.5 Å². The minimum absolute atomic E-state index is 0.0441. The van der Waals surface area contributed by atoms with Crippen molar-refractivity contribution in [2.75, 3.05) is 13.1 Å². The summed E-state index contributed by atoms with van der Waals surface area (Å²) in [6, 6.07) is 12.4. The van der Waals surface area contributed by atoms with Crippen molar-refractivity contribution in [1.82, 2.24) is 19.8 Å². The van der Waals surface area contributed by atoms with Gasteiger partial charge in [-0.15, -0.1) is 0 Å². The van der Waals surface area contributed by atoms with Crippen molar-refractivity contribution in [3.05, 3.63) is 65.8 Å². The van der Waals surface area contributed by atoms with Crippen molar-refractivity contribution in [3.63, 3.8) is 0 Å². The zero-order valence-corrected chi connectivity index (χ0v) is 18.3. The summed E-state index contributed by atoms with van der Waals surface area (Å²) in [6.07, 6.45) is 0.787. The van der Waals surface area contributed by atoms with Gasteiger partial charge in [-0.3, -0.25) is 4.79 Å². The molecule has 1 aliphatic heterocycles.